The van der Waals surface area contributed by atoms with Gasteiger partial charge >= 0.3 is 5.97 Å². The van der Waals surface area contributed by atoms with E-state index in [1.54, 1.807) is 18.3 Å². The number of hydrogen-bond donors (Lipinski definition) is 1. The van der Waals surface area contributed by atoms with E-state index in [2.05, 4.69) is 15.9 Å². The molecule has 0 saturated carbocycles. The molecule has 4 heteroatoms. The molecule has 0 radical (unpaired) electrons. The molecule has 2 nitrogen and oxygen atoms in total. The Hall–Kier alpha value is -0.870. The monoisotopic (exact) mass is 284 g/mol. The van der Waals surface area contributed by atoms with Crippen molar-refractivity contribution < 1.29 is 9.90 Å². The number of carboxylic acids is 1. The van der Waals surface area contributed by atoms with Crippen LogP contribution in [0.1, 0.15) is 18.4 Å². The smallest absolute Gasteiger partial charge is 0.310 e. The van der Waals surface area contributed by atoms with Gasteiger partial charge in [-0.3, -0.25) is 4.79 Å². The fraction of sp³-hybridized carbons (Fsp3) is 0.182. The van der Waals surface area contributed by atoms with Gasteiger partial charge in [-0.05, 0) is 45.2 Å². The van der Waals surface area contributed by atoms with E-state index in [0.29, 0.717) is 0 Å². The summed E-state index contributed by atoms with van der Waals surface area (Å²) in [6.45, 7) is 1.71. The zero-order chi connectivity index (χ0) is 11.0. The molecule has 15 heavy (non-hydrogen) atoms. The van der Waals surface area contributed by atoms with Gasteiger partial charge < -0.3 is 5.11 Å². The summed E-state index contributed by atoms with van der Waals surface area (Å²) in [5.74, 6) is -1.23. The van der Waals surface area contributed by atoms with Crippen molar-refractivity contribution in [3.63, 3.8) is 0 Å². The van der Waals surface area contributed by atoms with Crippen molar-refractivity contribution in [1.29, 1.82) is 0 Å². The third kappa shape index (κ3) is 1.79. The molecule has 0 saturated heterocycles. The number of carboxylic acid groups (broad SMARTS) is 1. The standard InChI is InChI=1S/C11H9BrO2S/c1-6(11(13)14)8-5-15-10-7(8)3-2-4-9(10)12/h2-6H,1H3,(H,13,14). The Balaban J connectivity index is 2.64. The van der Waals surface area contributed by atoms with Crippen molar-refractivity contribution in [3.8, 4) is 0 Å². The molecule has 0 aliphatic heterocycles. The van der Waals surface area contributed by atoms with Gasteiger partial charge in [0, 0.05) is 9.17 Å². The van der Waals surface area contributed by atoms with Crippen LogP contribution in [-0.2, 0) is 4.79 Å². The number of benzene rings is 1. The van der Waals surface area contributed by atoms with Crippen LogP contribution in [0.4, 0.5) is 0 Å². The zero-order valence-corrected chi connectivity index (χ0v) is 10.4. The Morgan fingerprint density at radius 3 is 2.93 bits per heavy atom. The van der Waals surface area contributed by atoms with Crippen LogP contribution < -0.4 is 0 Å². The summed E-state index contributed by atoms with van der Waals surface area (Å²) < 4.78 is 2.13. The minimum atomic E-state index is -0.783. The average Bonchev–Trinajstić information content (AvgIpc) is 2.61. The van der Waals surface area contributed by atoms with Crippen LogP contribution in [0.25, 0.3) is 10.1 Å². The summed E-state index contributed by atoms with van der Waals surface area (Å²) in [5.41, 5.74) is 0.892. The topological polar surface area (TPSA) is 37.3 Å². The molecule has 0 spiro atoms. The first-order valence-corrected chi connectivity index (χ1v) is 6.17. The first-order chi connectivity index (χ1) is 7.11. The molecule has 0 aliphatic rings. The summed E-state index contributed by atoms with van der Waals surface area (Å²) in [6.07, 6.45) is 0. The first kappa shape index (κ1) is 10.6. The minimum Gasteiger partial charge on any atom is -0.481 e. The van der Waals surface area contributed by atoms with Crippen LogP contribution in [-0.4, -0.2) is 11.1 Å². The Morgan fingerprint density at radius 1 is 1.53 bits per heavy atom. The lowest BCUT2D eigenvalue weighted by atomic mass is 10.0. The highest BCUT2D eigenvalue weighted by Crippen LogP contribution is 2.35. The van der Waals surface area contributed by atoms with Crippen LogP contribution >= 0.6 is 27.3 Å². The van der Waals surface area contributed by atoms with Gasteiger partial charge in [-0.15, -0.1) is 11.3 Å². The summed E-state index contributed by atoms with van der Waals surface area (Å²) in [6, 6.07) is 5.86. The van der Waals surface area contributed by atoms with Gasteiger partial charge in [-0.25, -0.2) is 0 Å². The van der Waals surface area contributed by atoms with E-state index in [1.807, 2.05) is 23.6 Å². The molecular weight excluding hydrogens is 276 g/mol. The number of hydrogen-bond acceptors (Lipinski definition) is 2. The number of carbonyl (C=O) groups is 1. The molecule has 0 fully saturated rings. The van der Waals surface area contributed by atoms with Crippen LogP contribution in [0.5, 0.6) is 0 Å². The normalized spacial score (nSPS) is 12.9. The van der Waals surface area contributed by atoms with Crippen molar-refractivity contribution in [2.75, 3.05) is 0 Å². The summed E-state index contributed by atoms with van der Waals surface area (Å²) >= 11 is 5.04. The lowest BCUT2D eigenvalue weighted by Gasteiger charge is -2.04. The molecule has 1 unspecified atom stereocenters. The Labute approximate surface area is 99.7 Å². The summed E-state index contributed by atoms with van der Waals surface area (Å²) in [4.78, 5) is 10.9. The highest BCUT2D eigenvalue weighted by molar-refractivity contribution is 9.10. The van der Waals surface area contributed by atoms with Crippen molar-refractivity contribution in [2.45, 2.75) is 12.8 Å². The molecule has 78 valence electrons. The first-order valence-electron chi connectivity index (χ1n) is 4.49. The second-order valence-electron chi connectivity index (χ2n) is 3.37. The molecule has 2 aromatic rings. The van der Waals surface area contributed by atoms with Crippen LogP contribution in [0.2, 0.25) is 0 Å². The van der Waals surface area contributed by atoms with Crippen molar-refractivity contribution in [2.24, 2.45) is 0 Å². The molecule has 1 N–H and O–H groups in total. The van der Waals surface area contributed by atoms with Gasteiger partial charge in [-0.1, -0.05) is 12.1 Å². The fourth-order valence-corrected chi connectivity index (χ4v) is 3.23. The third-order valence-corrected chi connectivity index (χ3v) is 4.39. The Kier molecular flexibility index (Phi) is 2.80. The molecule has 1 aromatic carbocycles. The van der Waals surface area contributed by atoms with Gasteiger partial charge in [0.1, 0.15) is 0 Å². The maximum Gasteiger partial charge on any atom is 0.310 e. The number of rotatable bonds is 2. The number of fused-ring (bicyclic) bond motifs is 1. The highest BCUT2D eigenvalue weighted by atomic mass is 79.9. The SMILES string of the molecule is CC(C(=O)O)c1csc2c(Br)cccc12. The molecule has 1 aromatic heterocycles. The second kappa shape index (κ2) is 3.94. The average molecular weight is 285 g/mol. The van der Waals surface area contributed by atoms with E-state index in [0.717, 1.165) is 20.1 Å². The van der Waals surface area contributed by atoms with Gasteiger partial charge in [0.2, 0.25) is 0 Å². The largest absolute Gasteiger partial charge is 0.481 e. The number of thiophene rings is 1. The van der Waals surface area contributed by atoms with E-state index in [1.165, 1.54) is 0 Å². The zero-order valence-electron chi connectivity index (χ0n) is 8.03. The quantitative estimate of drug-likeness (QED) is 0.910. The van der Waals surface area contributed by atoms with E-state index < -0.39 is 11.9 Å². The molecule has 1 heterocycles. The van der Waals surface area contributed by atoms with E-state index in [4.69, 9.17) is 5.11 Å². The highest BCUT2D eigenvalue weighted by Gasteiger charge is 2.18. The van der Waals surface area contributed by atoms with Crippen molar-refractivity contribution in [3.05, 3.63) is 33.6 Å². The van der Waals surface area contributed by atoms with E-state index in [9.17, 15) is 4.79 Å². The lowest BCUT2D eigenvalue weighted by Crippen LogP contribution is -2.06. The van der Waals surface area contributed by atoms with Crippen LogP contribution in [0.3, 0.4) is 0 Å². The molecule has 1 atom stereocenters. The molecular formula is C11H9BrO2S. The molecule has 0 aliphatic carbocycles. The summed E-state index contributed by atoms with van der Waals surface area (Å²) in [7, 11) is 0. The maximum atomic E-state index is 10.9. The van der Waals surface area contributed by atoms with E-state index in [-0.39, 0.29) is 0 Å². The third-order valence-electron chi connectivity index (χ3n) is 2.42. The van der Waals surface area contributed by atoms with Crippen molar-refractivity contribution >= 4 is 43.3 Å². The predicted molar refractivity (Wildman–Crippen MR) is 65.6 cm³/mol. The Bertz CT molecular complexity index is 518. The van der Waals surface area contributed by atoms with E-state index >= 15 is 0 Å². The van der Waals surface area contributed by atoms with Crippen molar-refractivity contribution in [1.82, 2.24) is 0 Å². The van der Waals surface area contributed by atoms with Gasteiger partial charge in [0.25, 0.3) is 0 Å². The lowest BCUT2D eigenvalue weighted by molar-refractivity contribution is -0.138. The van der Waals surface area contributed by atoms with Crippen LogP contribution in [0.15, 0.2) is 28.1 Å². The molecule has 2 rings (SSSR count). The molecule has 0 bridgehead atoms. The summed E-state index contributed by atoms with van der Waals surface area (Å²) in [5, 5.41) is 11.9. The number of aliphatic carboxylic acids is 1. The van der Waals surface area contributed by atoms with Gasteiger partial charge in [0.05, 0.1) is 5.92 Å². The van der Waals surface area contributed by atoms with Gasteiger partial charge in [0.15, 0.2) is 0 Å². The number of halogens is 1. The maximum absolute atomic E-state index is 10.9. The molecule has 0 amide bonds. The van der Waals surface area contributed by atoms with Crippen LogP contribution in [0, 0.1) is 0 Å². The predicted octanol–water partition coefficient (Wildman–Crippen LogP) is 3.85. The fourth-order valence-electron chi connectivity index (χ4n) is 1.51. The Morgan fingerprint density at radius 2 is 2.27 bits per heavy atom. The second-order valence-corrected chi connectivity index (χ2v) is 5.10. The minimum absolute atomic E-state index is 0.451. The van der Waals surface area contributed by atoms with Gasteiger partial charge in [-0.2, -0.15) is 0 Å².